The van der Waals surface area contributed by atoms with Crippen LogP contribution in [0.5, 0.6) is 5.75 Å². The molecule has 4 aromatic rings. The third kappa shape index (κ3) is 3.09. The van der Waals surface area contributed by atoms with Gasteiger partial charge < -0.3 is 15.5 Å². The molecule has 2 heterocycles. The average molecular weight is 377 g/mol. The van der Waals surface area contributed by atoms with E-state index in [1.807, 2.05) is 37.3 Å². The Hall–Kier alpha value is -3.45. The first-order valence-corrected chi connectivity index (χ1v) is 8.99. The second kappa shape index (κ2) is 6.69. The number of rotatable bonds is 4. The number of carboxylic acids is 1. The van der Waals surface area contributed by atoms with Gasteiger partial charge in [0.25, 0.3) is 0 Å². The molecule has 7 heteroatoms. The standard InChI is InChI=1S/C20H15N3O3S/c1-11-16(12-5-3-2-4-6-12)17-18(21-10-22-19(17)27-11)23-13-7-8-15(24)14(9-13)20(25)26/h2-10,24H,1H3,(H,25,26)(H,21,22,23). The topological polar surface area (TPSA) is 95.3 Å². The summed E-state index contributed by atoms with van der Waals surface area (Å²) >= 11 is 1.58. The molecule has 0 atom stereocenters. The lowest BCUT2D eigenvalue weighted by atomic mass is 10.0. The summed E-state index contributed by atoms with van der Waals surface area (Å²) in [5.41, 5.74) is 2.47. The number of carboxylic acid groups (broad SMARTS) is 1. The second-order valence-corrected chi connectivity index (χ2v) is 7.17. The number of benzene rings is 2. The molecule has 27 heavy (non-hydrogen) atoms. The van der Waals surface area contributed by atoms with Crippen molar-refractivity contribution in [2.24, 2.45) is 0 Å². The van der Waals surface area contributed by atoms with Crippen molar-refractivity contribution in [3.8, 4) is 16.9 Å². The Bertz CT molecular complexity index is 1160. The number of aromatic hydroxyl groups is 1. The number of aromatic nitrogens is 2. The zero-order valence-corrected chi connectivity index (χ0v) is 15.1. The number of nitrogens with zero attached hydrogens (tertiary/aromatic N) is 2. The van der Waals surface area contributed by atoms with E-state index in [1.165, 1.54) is 18.5 Å². The largest absolute Gasteiger partial charge is 0.507 e. The van der Waals surface area contributed by atoms with Crippen molar-refractivity contribution in [3.05, 3.63) is 65.3 Å². The van der Waals surface area contributed by atoms with Crippen LogP contribution in [-0.2, 0) is 0 Å². The number of thiophene rings is 1. The highest BCUT2D eigenvalue weighted by molar-refractivity contribution is 7.19. The summed E-state index contributed by atoms with van der Waals surface area (Å²) in [4.78, 5) is 22.0. The van der Waals surface area contributed by atoms with Gasteiger partial charge in [-0.1, -0.05) is 30.3 Å². The van der Waals surface area contributed by atoms with Gasteiger partial charge in [0.05, 0.1) is 5.39 Å². The molecule has 4 rings (SSSR count). The van der Waals surface area contributed by atoms with Crippen LogP contribution in [-0.4, -0.2) is 26.2 Å². The number of hydrogen-bond donors (Lipinski definition) is 3. The van der Waals surface area contributed by atoms with E-state index in [0.29, 0.717) is 11.5 Å². The fourth-order valence-electron chi connectivity index (χ4n) is 3.01. The van der Waals surface area contributed by atoms with Gasteiger partial charge in [-0.15, -0.1) is 11.3 Å². The summed E-state index contributed by atoms with van der Waals surface area (Å²) in [7, 11) is 0. The Labute approximate surface area is 158 Å². The number of hydrogen-bond acceptors (Lipinski definition) is 6. The predicted octanol–water partition coefficient (Wildman–Crippen LogP) is 4.81. The quantitative estimate of drug-likeness (QED) is 0.442. The lowest BCUT2D eigenvalue weighted by molar-refractivity contribution is 0.0694. The minimum atomic E-state index is -1.19. The molecule has 134 valence electrons. The summed E-state index contributed by atoms with van der Waals surface area (Å²) in [6, 6.07) is 14.3. The molecular weight excluding hydrogens is 362 g/mol. The van der Waals surface area contributed by atoms with E-state index >= 15 is 0 Å². The third-order valence-corrected chi connectivity index (χ3v) is 5.23. The molecule has 0 amide bonds. The molecule has 0 aliphatic rings. The second-order valence-electron chi connectivity index (χ2n) is 5.96. The number of carbonyl (C=O) groups is 1. The SMILES string of the molecule is Cc1sc2ncnc(Nc3ccc(O)c(C(=O)O)c3)c2c1-c1ccccc1. The van der Waals surface area contributed by atoms with Crippen LogP contribution in [0, 0.1) is 6.92 Å². The lowest BCUT2D eigenvalue weighted by Crippen LogP contribution is -2.00. The van der Waals surface area contributed by atoms with Crippen LogP contribution in [0.3, 0.4) is 0 Å². The first-order chi connectivity index (χ1) is 13.0. The molecule has 0 spiro atoms. The third-order valence-electron chi connectivity index (χ3n) is 4.22. The minimum absolute atomic E-state index is 0.171. The highest BCUT2D eigenvalue weighted by Gasteiger charge is 2.17. The summed E-state index contributed by atoms with van der Waals surface area (Å²) in [6.07, 6.45) is 1.48. The molecule has 0 aliphatic heterocycles. The molecule has 0 unspecified atom stereocenters. The molecule has 3 N–H and O–H groups in total. The summed E-state index contributed by atoms with van der Waals surface area (Å²) in [6.45, 7) is 2.04. The van der Waals surface area contributed by atoms with Gasteiger partial charge in [0.2, 0.25) is 0 Å². The zero-order chi connectivity index (χ0) is 19.0. The van der Waals surface area contributed by atoms with Gasteiger partial charge in [-0.2, -0.15) is 0 Å². The molecule has 2 aromatic heterocycles. The zero-order valence-electron chi connectivity index (χ0n) is 14.3. The van der Waals surface area contributed by atoms with Gasteiger partial charge >= 0.3 is 5.97 Å². The van der Waals surface area contributed by atoms with E-state index in [2.05, 4.69) is 15.3 Å². The maximum absolute atomic E-state index is 11.3. The fourth-order valence-corrected chi connectivity index (χ4v) is 4.03. The number of nitrogens with one attached hydrogen (secondary N) is 1. The predicted molar refractivity (Wildman–Crippen MR) is 106 cm³/mol. The van der Waals surface area contributed by atoms with Gasteiger partial charge in [-0.05, 0) is 30.7 Å². The van der Waals surface area contributed by atoms with Crippen molar-refractivity contribution in [1.82, 2.24) is 9.97 Å². The van der Waals surface area contributed by atoms with Crippen LogP contribution < -0.4 is 5.32 Å². The molecule has 0 aliphatic carbocycles. The van der Waals surface area contributed by atoms with E-state index < -0.39 is 5.97 Å². The molecule has 0 saturated carbocycles. The number of aromatic carboxylic acids is 1. The first kappa shape index (κ1) is 17.0. The number of phenols is 1. The van der Waals surface area contributed by atoms with Crippen LogP contribution in [0.2, 0.25) is 0 Å². The Kier molecular flexibility index (Phi) is 4.21. The molecule has 0 saturated heterocycles. The van der Waals surface area contributed by atoms with Crippen molar-refractivity contribution >= 4 is 39.0 Å². The Morgan fingerprint density at radius 1 is 1.11 bits per heavy atom. The van der Waals surface area contributed by atoms with Gasteiger partial charge in [-0.3, -0.25) is 0 Å². The molecule has 0 fully saturated rings. The first-order valence-electron chi connectivity index (χ1n) is 8.17. The maximum Gasteiger partial charge on any atom is 0.339 e. The van der Waals surface area contributed by atoms with E-state index in [-0.39, 0.29) is 11.3 Å². The van der Waals surface area contributed by atoms with Gasteiger partial charge in [0.1, 0.15) is 28.3 Å². The van der Waals surface area contributed by atoms with E-state index in [4.69, 9.17) is 0 Å². The van der Waals surface area contributed by atoms with Crippen molar-refractivity contribution in [2.45, 2.75) is 6.92 Å². The van der Waals surface area contributed by atoms with Gasteiger partial charge in [-0.25, -0.2) is 14.8 Å². The van der Waals surface area contributed by atoms with Crippen molar-refractivity contribution < 1.29 is 15.0 Å². The van der Waals surface area contributed by atoms with Gasteiger partial charge in [0, 0.05) is 16.1 Å². The smallest absolute Gasteiger partial charge is 0.339 e. The van der Waals surface area contributed by atoms with Gasteiger partial charge in [0.15, 0.2) is 0 Å². The lowest BCUT2D eigenvalue weighted by Gasteiger charge is -2.10. The van der Waals surface area contributed by atoms with E-state index in [9.17, 15) is 15.0 Å². The number of anilines is 2. The minimum Gasteiger partial charge on any atom is -0.507 e. The summed E-state index contributed by atoms with van der Waals surface area (Å²) < 4.78 is 0. The normalized spacial score (nSPS) is 10.9. The molecule has 2 aromatic carbocycles. The molecule has 6 nitrogen and oxygen atoms in total. The highest BCUT2D eigenvalue weighted by Crippen LogP contribution is 2.41. The Morgan fingerprint density at radius 3 is 2.63 bits per heavy atom. The fraction of sp³-hybridized carbons (Fsp3) is 0.0500. The highest BCUT2D eigenvalue weighted by atomic mass is 32.1. The monoisotopic (exact) mass is 377 g/mol. The van der Waals surface area contributed by atoms with Crippen molar-refractivity contribution in [1.29, 1.82) is 0 Å². The Morgan fingerprint density at radius 2 is 1.89 bits per heavy atom. The van der Waals surface area contributed by atoms with E-state index in [1.54, 1.807) is 17.4 Å². The molecular formula is C20H15N3O3S. The number of aryl methyl sites for hydroxylation is 1. The van der Waals surface area contributed by atoms with Crippen LogP contribution >= 0.6 is 11.3 Å². The van der Waals surface area contributed by atoms with Crippen LogP contribution in [0.1, 0.15) is 15.2 Å². The van der Waals surface area contributed by atoms with Crippen molar-refractivity contribution in [3.63, 3.8) is 0 Å². The van der Waals surface area contributed by atoms with Crippen LogP contribution in [0.25, 0.3) is 21.3 Å². The number of fused-ring (bicyclic) bond motifs is 1. The van der Waals surface area contributed by atoms with Crippen LogP contribution in [0.15, 0.2) is 54.9 Å². The molecule has 0 bridgehead atoms. The summed E-state index contributed by atoms with van der Waals surface area (Å²) in [5, 5.41) is 23.0. The summed E-state index contributed by atoms with van der Waals surface area (Å²) in [5.74, 6) is -0.886. The average Bonchev–Trinajstić information content (AvgIpc) is 3.00. The van der Waals surface area contributed by atoms with E-state index in [0.717, 1.165) is 26.2 Å². The Balaban J connectivity index is 1.86. The maximum atomic E-state index is 11.3. The molecule has 0 radical (unpaired) electrons. The van der Waals surface area contributed by atoms with Crippen molar-refractivity contribution in [2.75, 3.05) is 5.32 Å². The van der Waals surface area contributed by atoms with Crippen LogP contribution in [0.4, 0.5) is 11.5 Å².